The van der Waals surface area contributed by atoms with Crippen molar-refractivity contribution in [2.75, 3.05) is 62.2 Å². The smallest absolute Gasteiger partial charge is 0.170 e. The van der Waals surface area contributed by atoms with Gasteiger partial charge in [-0.05, 0) is 72.8 Å². The van der Waals surface area contributed by atoms with Crippen LogP contribution in [0.4, 0.5) is 20.2 Å². The number of carbonyl (C=O) groups is 1. The predicted octanol–water partition coefficient (Wildman–Crippen LogP) is 6.62. The predicted molar refractivity (Wildman–Crippen MR) is 202 cm³/mol. The van der Waals surface area contributed by atoms with E-state index in [4.69, 9.17) is 33.4 Å². The second kappa shape index (κ2) is 14.8. The van der Waals surface area contributed by atoms with Gasteiger partial charge < -0.3 is 9.80 Å². The fraction of sp³-hybridized carbons (Fsp3) is 0.308. The molecule has 2 fully saturated rings. The summed E-state index contributed by atoms with van der Waals surface area (Å²) in [6, 6.07) is 27.6. The molecule has 2 unspecified atom stereocenters. The van der Waals surface area contributed by atoms with Crippen LogP contribution in [0.5, 0.6) is 0 Å². The van der Waals surface area contributed by atoms with Crippen LogP contribution in [0, 0.1) is 11.6 Å². The highest BCUT2D eigenvalue weighted by atomic mass is 35.5. The minimum atomic E-state index is -0.535. The summed E-state index contributed by atoms with van der Waals surface area (Å²) < 4.78 is 31.1. The van der Waals surface area contributed by atoms with Gasteiger partial charge in [0.2, 0.25) is 0 Å². The molecular weight excluding hydrogens is 705 g/mol. The Morgan fingerprint density at radius 1 is 0.558 bits per heavy atom. The van der Waals surface area contributed by atoms with E-state index in [0.717, 1.165) is 33.2 Å². The molecule has 2 saturated heterocycles. The number of piperazine rings is 2. The van der Waals surface area contributed by atoms with Crippen LogP contribution in [0.1, 0.15) is 0 Å². The molecule has 13 heteroatoms. The lowest BCUT2D eigenvalue weighted by Gasteiger charge is -2.43. The van der Waals surface area contributed by atoms with Crippen LogP contribution in [0.15, 0.2) is 97.1 Å². The molecule has 4 aromatic carbocycles. The van der Waals surface area contributed by atoms with Crippen LogP contribution in [0.25, 0.3) is 21.8 Å². The van der Waals surface area contributed by atoms with Gasteiger partial charge in [0.15, 0.2) is 16.1 Å². The van der Waals surface area contributed by atoms with E-state index in [-0.39, 0.29) is 17.4 Å². The van der Waals surface area contributed by atoms with Gasteiger partial charge in [0.05, 0.1) is 36.2 Å². The quantitative estimate of drug-likeness (QED) is 0.156. The number of anilines is 2. The van der Waals surface area contributed by atoms with E-state index in [1.54, 1.807) is 24.3 Å². The standard InChI is InChI=1S/C39H38Cl2F2N8O/c40-38-31-5-1-3-7-33(31)50(44-38)25-35(48-21-17-46(18-22-48)29-13-9-27(42)10-14-29)37(52)36(26-51-34-8-4-2-6-32(34)39(41)45-51)49-23-19-47(20-24-49)30-15-11-28(43)12-16-30/h1-16,35-36H,17-26H2. The summed E-state index contributed by atoms with van der Waals surface area (Å²) in [6.07, 6.45) is 0. The molecule has 0 saturated carbocycles. The van der Waals surface area contributed by atoms with E-state index >= 15 is 4.79 Å². The molecule has 0 radical (unpaired) electrons. The van der Waals surface area contributed by atoms with Crippen molar-refractivity contribution in [2.24, 2.45) is 0 Å². The number of para-hydroxylation sites is 2. The van der Waals surface area contributed by atoms with Crippen LogP contribution in [0.2, 0.25) is 10.3 Å². The molecule has 2 atom stereocenters. The lowest BCUT2D eigenvalue weighted by Crippen LogP contribution is -2.61. The fourth-order valence-corrected chi connectivity index (χ4v) is 8.16. The van der Waals surface area contributed by atoms with Gasteiger partial charge in [0.25, 0.3) is 0 Å². The highest BCUT2D eigenvalue weighted by Gasteiger charge is 2.39. The molecule has 2 aromatic heterocycles. The second-order valence-electron chi connectivity index (χ2n) is 13.4. The number of nitrogens with zero attached hydrogens (tertiary/aromatic N) is 8. The number of rotatable bonds is 10. The zero-order valence-corrected chi connectivity index (χ0v) is 30.0. The number of benzene rings is 4. The second-order valence-corrected chi connectivity index (χ2v) is 14.1. The molecule has 0 bridgehead atoms. The molecule has 0 spiro atoms. The van der Waals surface area contributed by atoms with Gasteiger partial charge in [-0.3, -0.25) is 24.0 Å². The Hall–Kier alpha value is -4.55. The van der Waals surface area contributed by atoms with Crippen LogP contribution in [0.3, 0.4) is 0 Å². The molecule has 9 nitrogen and oxygen atoms in total. The molecular formula is C39H38Cl2F2N8O. The molecule has 0 aliphatic carbocycles. The third-order valence-electron chi connectivity index (χ3n) is 10.5. The SMILES string of the molecule is O=C(C(Cn1nc(Cl)c2ccccc21)N1CCN(c2ccc(F)cc2)CC1)C(Cn1nc(Cl)c2ccccc21)N1CCN(c2ccc(F)cc2)CC1. The van der Waals surface area contributed by atoms with E-state index in [2.05, 4.69) is 19.6 Å². The monoisotopic (exact) mass is 742 g/mol. The minimum Gasteiger partial charge on any atom is -0.369 e. The summed E-state index contributed by atoms with van der Waals surface area (Å²) >= 11 is 13.3. The molecule has 4 heterocycles. The van der Waals surface area contributed by atoms with Crippen molar-refractivity contribution in [1.82, 2.24) is 29.4 Å². The Labute approximate surface area is 310 Å². The van der Waals surface area contributed by atoms with Crippen LogP contribution in [-0.4, -0.2) is 99.6 Å². The van der Waals surface area contributed by atoms with Crippen LogP contribution >= 0.6 is 23.2 Å². The maximum Gasteiger partial charge on any atom is 0.170 e. The lowest BCUT2D eigenvalue weighted by molar-refractivity contribution is -0.131. The molecule has 268 valence electrons. The summed E-state index contributed by atoms with van der Waals surface area (Å²) in [6.45, 7) is 5.85. The average Bonchev–Trinajstić information content (AvgIpc) is 3.68. The first kappa shape index (κ1) is 34.5. The largest absolute Gasteiger partial charge is 0.369 e. The van der Waals surface area contributed by atoms with Gasteiger partial charge in [0, 0.05) is 74.5 Å². The zero-order valence-electron chi connectivity index (χ0n) is 28.5. The molecule has 2 aliphatic heterocycles. The van der Waals surface area contributed by atoms with Gasteiger partial charge >= 0.3 is 0 Å². The number of halogens is 4. The maximum atomic E-state index is 15.4. The summed E-state index contributed by atoms with van der Waals surface area (Å²) in [5.41, 5.74) is 3.63. The summed E-state index contributed by atoms with van der Waals surface area (Å²) in [7, 11) is 0. The number of ketones is 1. The van der Waals surface area contributed by atoms with Gasteiger partial charge in [-0.25, -0.2) is 8.78 Å². The Kier molecular flexibility index (Phi) is 9.84. The number of hydrogen-bond donors (Lipinski definition) is 0. The first-order chi connectivity index (χ1) is 25.3. The molecule has 52 heavy (non-hydrogen) atoms. The number of fused-ring (bicyclic) bond motifs is 2. The van der Waals surface area contributed by atoms with Gasteiger partial charge in [-0.15, -0.1) is 0 Å². The van der Waals surface area contributed by atoms with Gasteiger partial charge in [-0.2, -0.15) is 10.2 Å². The van der Waals surface area contributed by atoms with Crippen molar-refractivity contribution >= 4 is 62.2 Å². The van der Waals surface area contributed by atoms with Crippen LogP contribution in [-0.2, 0) is 17.9 Å². The lowest BCUT2D eigenvalue weighted by atomic mass is 9.99. The van der Waals surface area contributed by atoms with E-state index in [9.17, 15) is 8.78 Å². The maximum absolute atomic E-state index is 15.4. The Balaban J connectivity index is 1.12. The zero-order chi connectivity index (χ0) is 35.8. The number of Topliss-reactive ketones (excluding diaryl/α,β-unsaturated/α-hetero) is 1. The molecule has 2 aliphatic rings. The van der Waals surface area contributed by atoms with Crippen molar-refractivity contribution in [1.29, 1.82) is 0 Å². The molecule has 8 rings (SSSR count). The normalized spacial score (nSPS) is 17.2. The molecule has 6 aromatic rings. The van der Waals surface area contributed by atoms with Crippen molar-refractivity contribution in [2.45, 2.75) is 25.2 Å². The van der Waals surface area contributed by atoms with Gasteiger partial charge in [-0.1, -0.05) is 47.5 Å². The Morgan fingerprint density at radius 2 is 0.923 bits per heavy atom. The minimum absolute atomic E-state index is 0.0665. The average molecular weight is 744 g/mol. The Bertz CT molecular complexity index is 2020. The van der Waals surface area contributed by atoms with E-state index in [1.807, 2.05) is 57.9 Å². The first-order valence-corrected chi connectivity index (χ1v) is 18.3. The Morgan fingerprint density at radius 3 is 1.31 bits per heavy atom. The van der Waals surface area contributed by atoms with E-state index in [0.29, 0.717) is 75.8 Å². The van der Waals surface area contributed by atoms with E-state index in [1.165, 1.54) is 24.3 Å². The van der Waals surface area contributed by atoms with Crippen molar-refractivity contribution in [3.8, 4) is 0 Å². The highest BCUT2D eigenvalue weighted by molar-refractivity contribution is 6.34. The third-order valence-corrected chi connectivity index (χ3v) is 11.0. The number of carbonyl (C=O) groups excluding carboxylic acids is 1. The summed E-state index contributed by atoms with van der Waals surface area (Å²) in [5.74, 6) is -0.472. The third kappa shape index (κ3) is 6.98. The van der Waals surface area contributed by atoms with Crippen LogP contribution < -0.4 is 9.80 Å². The summed E-state index contributed by atoms with van der Waals surface area (Å²) in [5, 5.41) is 11.9. The van der Waals surface area contributed by atoms with Gasteiger partial charge in [0.1, 0.15) is 11.6 Å². The first-order valence-electron chi connectivity index (χ1n) is 17.6. The molecule has 0 amide bonds. The topological polar surface area (TPSA) is 65.7 Å². The number of aromatic nitrogens is 4. The molecule has 0 N–H and O–H groups in total. The van der Waals surface area contributed by atoms with Crippen molar-refractivity contribution in [3.05, 3.63) is 119 Å². The highest BCUT2D eigenvalue weighted by Crippen LogP contribution is 2.28. The fourth-order valence-electron chi connectivity index (χ4n) is 7.66. The summed E-state index contributed by atoms with van der Waals surface area (Å²) in [4.78, 5) is 24.3. The number of hydrogen-bond acceptors (Lipinski definition) is 7. The van der Waals surface area contributed by atoms with Crippen molar-refractivity contribution < 1.29 is 13.6 Å². The van der Waals surface area contributed by atoms with E-state index < -0.39 is 12.1 Å². The van der Waals surface area contributed by atoms with Crippen molar-refractivity contribution in [3.63, 3.8) is 0 Å².